The summed E-state index contributed by atoms with van der Waals surface area (Å²) in [6, 6.07) is 22.2. The molecule has 0 atom stereocenters. The monoisotopic (exact) mass is 344 g/mol. The molecular weight excluding hydrogens is 324 g/mol. The first-order valence-electron chi connectivity index (χ1n) is 8.69. The Morgan fingerprint density at radius 1 is 0.808 bits per heavy atom. The van der Waals surface area contributed by atoms with Gasteiger partial charge in [-0.3, -0.25) is 0 Å². The number of hydrogen-bond acceptors (Lipinski definition) is 5. The number of para-hydroxylation sites is 1. The summed E-state index contributed by atoms with van der Waals surface area (Å²) in [4.78, 5) is 9.25. The molecular formula is C21H20N4O. The van der Waals surface area contributed by atoms with Crippen molar-refractivity contribution < 1.29 is 4.42 Å². The number of aromatic nitrogens is 2. The van der Waals surface area contributed by atoms with E-state index in [0.717, 1.165) is 35.4 Å². The van der Waals surface area contributed by atoms with E-state index in [2.05, 4.69) is 44.9 Å². The third-order valence-corrected chi connectivity index (χ3v) is 4.15. The van der Waals surface area contributed by atoms with Crippen LogP contribution in [0.2, 0.25) is 0 Å². The van der Waals surface area contributed by atoms with Gasteiger partial charge in [-0.15, -0.1) is 0 Å². The van der Waals surface area contributed by atoms with E-state index in [1.165, 1.54) is 5.56 Å². The molecule has 0 bridgehead atoms. The first-order chi connectivity index (χ1) is 12.9. The third-order valence-electron chi connectivity index (χ3n) is 4.15. The quantitative estimate of drug-likeness (QED) is 0.517. The summed E-state index contributed by atoms with van der Waals surface area (Å²) in [6.07, 6.45) is 2.60. The number of furan rings is 1. The van der Waals surface area contributed by atoms with E-state index in [1.54, 1.807) is 6.26 Å². The van der Waals surface area contributed by atoms with Gasteiger partial charge in [0.15, 0.2) is 0 Å². The second kappa shape index (κ2) is 7.70. The van der Waals surface area contributed by atoms with Gasteiger partial charge >= 0.3 is 0 Å². The van der Waals surface area contributed by atoms with E-state index in [-0.39, 0.29) is 0 Å². The molecule has 0 saturated carbocycles. The lowest BCUT2D eigenvalue weighted by molar-refractivity contribution is 0.517. The molecule has 130 valence electrons. The molecule has 0 aliphatic heterocycles. The molecule has 0 aliphatic rings. The number of benzene rings is 2. The molecule has 4 rings (SSSR count). The predicted molar refractivity (Wildman–Crippen MR) is 104 cm³/mol. The van der Waals surface area contributed by atoms with Gasteiger partial charge in [-0.25, -0.2) is 4.98 Å². The van der Waals surface area contributed by atoms with Gasteiger partial charge in [0.1, 0.15) is 11.6 Å². The number of rotatable bonds is 7. The molecule has 2 heterocycles. The Hall–Kier alpha value is -3.34. The SMILES string of the molecule is c1ccc(CCNc2nc(NCc3ccco3)nc3ccccc23)cc1. The normalized spacial score (nSPS) is 10.8. The van der Waals surface area contributed by atoms with Crippen molar-refractivity contribution in [3.05, 3.63) is 84.3 Å². The van der Waals surface area contributed by atoms with Gasteiger partial charge in [0.2, 0.25) is 5.95 Å². The standard InChI is InChI=1S/C21H20N4O/c1-2-7-16(8-3-1)12-13-22-20-18-10-4-5-11-19(18)24-21(25-20)23-15-17-9-6-14-26-17/h1-11,14H,12-13,15H2,(H2,22,23,24,25). The van der Waals surface area contributed by atoms with Crippen molar-refractivity contribution in [3.8, 4) is 0 Å². The second-order valence-corrected chi connectivity index (χ2v) is 6.01. The summed E-state index contributed by atoms with van der Waals surface area (Å²) in [6.45, 7) is 1.36. The van der Waals surface area contributed by atoms with Crippen LogP contribution >= 0.6 is 0 Å². The minimum Gasteiger partial charge on any atom is -0.467 e. The summed E-state index contributed by atoms with van der Waals surface area (Å²) in [5.74, 6) is 2.27. The molecule has 2 aromatic carbocycles. The Balaban J connectivity index is 1.51. The third kappa shape index (κ3) is 3.83. The number of nitrogens with zero attached hydrogens (tertiary/aromatic N) is 2. The molecule has 2 N–H and O–H groups in total. The zero-order valence-electron chi connectivity index (χ0n) is 14.4. The fraction of sp³-hybridized carbons (Fsp3) is 0.143. The summed E-state index contributed by atoms with van der Waals surface area (Å²) >= 11 is 0. The highest BCUT2D eigenvalue weighted by Crippen LogP contribution is 2.22. The van der Waals surface area contributed by atoms with Crippen LogP contribution in [-0.2, 0) is 13.0 Å². The van der Waals surface area contributed by atoms with Crippen LogP contribution in [0.15, 0.2) is 77.4 Å². The largest absolute Gasteiger partial charge is 0.467 e. The van der Waals surface area contributed by atoms with E-state index in [4.69, 9.17) is 4.42 Å². The van der Waals surface area contributed by atoms with Gasteiger partial charge in [-0.1, -0.05) is 42.5 Å². The fourth-order valence-electron chi connectivity index (χ4n) is 2.84. The Morgan fingerprint density at radius 3 is 2.50 bits per heavy atom. The highest BCUT2D eigenvalue weighted by molar-refractivity contribution is 5.90. The van der Waals surface area contributed by atoms with Crippen LogP contribution < -0.4 is 10.6 Å². The van der Waals surface area contributed by atoms with Crippen molar-refractivity contribution in [2.24, 2.45) is 0 Å². The molecule has 4 aromatic rings. The van der Waals surface area contributed by atoms with E-state index in [1.807, 2.05) is 42.5 Å². The van der Waals surface area contributed by atoms with Crippen molar-refractivity contribution in [3.63, 3.8) is 0 Å². The molecule has 0 aliphatic carbocycles. The van der Waals surface area contributed by atoms with E-state index in [9.17, 15) is 0 Å². The summed E-state index contributed by atoms with van der Waals surface area (Å²) < 4.78 is 5.35. The molecule has 0 amide bonds. The van der Waals surface area contributed by atoms with Crippen LogP contribution in [0.5, 0.6) is 0 Å². The summed E-state index contributed by atoms with van der Waals surface area (Å²) in [5, 5.41) is 7.70. The molecule has 5 nitrogen and oxygen atoms in total. The van der Waals surface area contributed by atoms with Gasteiger partial charge in [-0.05, 0) is 36.2 Å². The predicted octanol–water partition coefficient (Wildman–Crippen LogP) is 4.49. The van der Waals surface area contributed by atoms with Crippen LogP contribution in [0, 0.1) is 0 Å². The van der Waals surface area contributed by atoms with Gasteiger partial charge in [0.25, 0.3) is 0 Å². The molecule has 0 unspecified atom stereocenters. The zero-order valence-corrected chi connectivity index (χ0v) is 14.4. The van der Waals surface area contributed by atoms with Crippen LogP contribution in [0.1, 0.15) is 11.3 Å². The van der Waals surface area contributed by atoms with Crippen LogP contribution in [0.3, 0.4) is 0 Å². The molecule has 0 saturated heterocycles. The van der Waals surface area contributed by atoms with Crippen molar-refractivity contribution >= 4 is 22.7 Å². The zero-order chi connectivity index (χ0) is 17.6. The highest BCUT2D eigenvalue weighted by Gasteiger charge is 2.07. The molecule has 0 spiro atoms. The summed E-state index contributed by atoms with van der Waals surface area (Å²) in [7, 11) is 0. The number of anilines is 2. The number of hydrogen-bond donors (Lipinski definition) is 2. The van der Waals surface area contributed by atoms with E-state index < -0.39 is 0 Å². The highest BCUT2D eigenvalue weighted by atomic mass is 16.3. The molecule has 5 heteroatoms. The summed E-state index contributed by atoms with van der Waals surface area (Å²) in [5.41, 5.74) is 2.21. The average molecular weight is 344 g/mol. The van der Waals surface area contributed by atoms with E-state index in [0.29, 0.717) is 12.5 Å². The number of fused-ring (bicyclic) bond motifs is 1. The second-order valence-electron chi connectivity index (χ2n) is 6.01. The maximum atomic E-state index is 5.35. The van der Waals surface area contributed by atoms with Crippen molar-refractivity contribution in [1.82, 2.24) is 9.97 Å². The lowest BCUT2D eigenvalue weighted by atomic mass is 10.1. The minimum absolute atomic E-state index is 0.550. The van der Waals surface area contributed by atoms with Crippen LogP contribution in [0.4, 0.5) is 11.8 Å². The first kappa shape index (κ1) is 16.1. The van der Waals surface area contributed by atoms with Crippen molar-refractivity contribution in [2.45, 2.75) is 13.0 Å². The Bertz CT molecular complexity index is 968. The minimum atomic E-state index is 0.550. The Labute approximate surface area is 152 Å². The van der Waals surface area contributed by atoms with Crippen LogP contribution in [0.25, 0.3) is 10.9 Å². The van der Waals surface area contributed by atoms with Gasteiger partial charge in [0, 0.05) is 11.9 Å². The Morgan fingerprint density at radius 2 is 1.65 bits per heavy atom. The van der Waals surface area contributed by atoms with Crippen molar-refractivity contribution in [2.75, 3.05) is 17.2 Å². The lowest BCUT2D eigenvalue weighted by Crippen LogP contribution is -2.10. The smallest absolute Gasteiger partial charge is 0.225 e. The maximum Gasteiger partial charge on any atom is 0.225 e. The first-order valence-corrected chi connectivity index (χ1v) is 8.69. The van der Waals surface area contributed by atoms with Gasteiger partial charge < -0.3 is 15.1 Å². The van der Waals surface area contributed by atoms with Gasteiger partial charge in [-0.2, -0.15) is 4.98 Å². The topological polar surface area (TPSA) is 63.0 Å². The molecule has 0 radical (unpaired) electrons. The van der Waals surface area contributed by atoms with E-state index >= 15 is 0 Å². The average Bonchev–Trinajstić information content (AvgIpc) is 3.21. The van der Waals surface area contributed by atoms with Crippen LogP contribution in [-0.4, -0.2) is 16.5 Å². The molecule has 2 aromatic heterocycles. The molecule has 0 fully saturated rings. The van der Waals surface area contributed by atoms with Crippen molar-refractivity contribution in [1.29, 1.82) is 0 Å². The maximum absolute atomic E-state index is 5.35. The van der Waals surface area contributed by atoms with Gasteiger partial charge in [0.05, 0.1) is 18.3 Å². The Kier molecular flexibility index (Phi) is 4.78. The lowest BCUT2D eigenvalue weighted by Gasteiger charge is -2.11. The molecule has 26 heavy (non-hydrogen) atoms. The number of nitrogens with one attached hydrogen (secondary N) is 2. The fourth-order valence-corrected chi connectivity index (χ4v) is 2.84.